The first-order valence-electron chi connectivity index (χ1n) is 5.28. The summed E-state index contributed by atoms with van der Waals surface area (Å²) < 4.78 is 4.23. The number of hydrogen-bond acceptors (Lipinski definition) is 1. The molecule has 0 amide bonds. The van der Waals surface area contributed by atoms with Gasteiger partial charge in [-0.2, -0.15) is 0 Å². The molecule has 15 heavy (non-hydrogen) atoms. The van der Waals surface area contributed by atoms with Gasteiger partial charge in [0.1, 0.15) is 5.56 Å². The van der Waals surface area contributed by atoms with Crippen LogP contribution in [0.15, 0.2) is 0 Å². The molecule has 0 fully saturated rings. The summed E-state index contributed by atoms with van der Waals surface area (Å²) in [6.07, 6.45) is 5.42. The van der Waals surface area contributed by atoms with Crippen molar-refractivity contribution in [3.05, 3.63) is 0 Å². The molecule has 0 aromatic carbocycles. The number of unbranched alkanes of at least 4 members (excludes halogenated alkanes) is 2. The summed E-state index contributed by atoms with van der Waals surface area (Å²) in [5.41, 5.74) is -0.255. The fraction of sp³-hybridized carbons (Fsp3) is 1.00. The molecule has 0 spiro atoms. The molecule has 0 radical (unpaired) electrons. The molecule has 0 N–H and O–H groups in total. The Kier molecular flexibility index (Phi) is 9.87. The Morgan fingerprint density at radius 1 is 1.13 bits per heavy atom. The van der Waals surface area contributed by atoms with Gasteiger partial charge >= 0.3 is 0 Å². The van der Waals surface area contributed by atoms with Crippen LogP contribution in [0.5, 0.6) is 0 Å². The van der Waals surface area contributed by atoms with Crippen LogP contribution in [0.25, 0.3) is 0 Å². The van der Waals surface area contributed by atoms with E-state index in [-0.39, 0.29) is 5.56 Å². The second-order valence-corrected chi connectivity index (χ2v) is 6.50. The lowest BCUT2D eigenvalue weighted by atomic mass is 10.2. The van der Waals surface area contributed by atoms with Crippen LogP contribution in [0, 0.1) is 0 Å². The van der Waals surface area contributed by atoms with Crippen molar-refractivity contribution in [1.82, 2.24) is 0 Å². The zero-order valence-electron chi connectivity index (χ0n) is 8.95. The van der Waals surface area contributed by atoms with Gasteiger partial charge in [-0.25, -0.2) is 0 Å². The van der Waals surface area contributed by atoms with Crippen molar-refractivity contribution in [2.24, 2.45) is 0 Å². The van der Waals surface area contributed by atoms with Crippen LogP contribution in [-0.4, -0.2) is 16.0 Å². The van der Waals surface area contributed by atoms with Crippen molar-refractivity contribution in [3.63, 3.8) is 0 Å². The molecular weight excluding hydrogens is 278 g/mol. The van der Waals surface area contributed by atoms with Gasteiger partial charge < -0.3 is 4.74 Å². The van der Waals surface area contributed by atoms with Gasteiger partial charge in [-0.15, -0.1) is 0 Å². The second-order valence-electron chi connectivity index (χ2n) is 3.50. The molecular formula is C10H18Cl4O. The van der Waals surface area contributed by atoms with E-state index in [0.29, 0.717) is 6.42 Å². The lowest BCUT2D eigenvalue weighted by Gasteiger charge is -2.13. The van der Waals surface area contributed by atoms with Crippen LogP contribution in [0.1, 0.15) is 45.4 Å². The van der Waals surface area contributed by atoms with Crippen molar-refractivity contribution < 1.29 is 4.74 Å². The standard InChI is InChI=1S/C10H18Cl4O/c1-2-3-4-8-15-9(11)6-5-7-10(12,13)14/h9H,2-8H2,1H3. The SMILES string of the molecule is CCCCCOC(Cl)CCCC(Cl)(Cl)Cl. The maximum atomic E-state index is 5.94. The highest BCUT2D eigenvalue weighted by Gasteiger charge is 2.19. The number of halogens is 4. The Labute approximate surface area is 112 Å². The number of alkyl halides is 4. The van der Waals surface area contributed by atoms with Gasteiger partial charge in [-0.3, -0.25) is 0 Å². The van der Waals surface area contributed by atoms with E-state index in [4.69, 9.17) is 51.1 Å². The van der Waals surface area contributed by atoms with E-state index in [9.17, 15) is 0 Å². The second kappa shape index (κ2) is 9.18. The van der Waals surface area contributed by atoms with E-state index in [2.05, 4.69) is 6.92 Å². The monoisotopic (exact) mass is 294 g/mol. The first-order valence-corrected chi connectivity index (χ1v) is 6.85. The van der Waals surface area contributed by atoms with Crippen molar-refractivity contribution in [3.8, 4) is 0 Å². The Morgan fingerprint density at radius 2 is 1.80 bits per heavy atom. The van der Waals surface area contributed by atoms with E-state index < -0.39 is 3.79 Å². The highest BCUT2D eigenvalue weighted by molar-refractivity contribution is 6.67. The van der Waals surface area contributed by atoms with Crippen LogP contribution in [0.4, 0.5) is 0 Å². The van der Waals surface area contributed by atoms with Crippen LogP contribution < -0.4 is 0 Å². The van der Waals surface area contributed by atoms with Crippen molar-refractivity contribution in [2.75, 3.05) is 6.61 Å². The third kappa shape index (κ3) is 13.1. The molecule has 0 heterocycles. The fourth-order valence-corrected chi connectivity index (χ4v) is 1.75. The first-order chi connectivity index (χ1) is 6.95. The first kappa shape index (κ1) is 16.1. The van der Waals surface area contributed by atoms with Crippen LogP contribution in [0.2, 0.25) is 0 Å². The molecule has 0 aliphatic heterocycles. The minimum absolute atomic E-state index is 0.255. The smallest absolute Gasteiger partial charge is 0.190 e. The van der Waals surface area contributed by atoms with Gasteiger partial charge in [0.15, 0.2) is 3.79 Å². The van der Waals surface area contributed by atoms with E-state index in [1.807, 2.05) is 0 Å². The predicted octanol–water partition coefficient (Wildman–Crippen LogP) is 5.30. The average molecular weight is 296 g/mol. The van der Waals surface area contributed by atoms with Crippen LogP contribution >= 0.6 is 46.4 Å². The molecule has 0 saturated carbocycles. The number of hydrogen-bond donors (Lipinski definition) is 0. The minimum atomic E-state index is -1.17. The molecule has 0 rings (SSSR count). The molecule has 1 unspecified atom stereocenters. The highest BCUT2D eigenvalue weighted by Crippen LogP contribution is 2.32. The van der Waals surface area contributed by atoms with Gasteiger partial charge in [-0.1, -0.05) is 66.2 Å². The van der Waals surface area contributed by atoms with Crippen molar-refractivity contribution >= 4 is 46.4 Å². The summed E-state index contributed by atoms with van der Waals surface area (Å²) in [5, 5.41) is 0. The molecule has 0 saturated heterocycles. The Hall–Kier alpha value is 1.12. The third-order valence-electron chi connectivity index (χ3n) is 1.94. The van der Waals surface area contributed by atoms with Crippen LogP contribution in [-0.2, 0) is 4.74 Å². The Morgan fingerprint density at radius 3 is 2.33 bits per heavy atom. The molecule has 0 aromatic rings. The molecule has 5 heteroatoms. The maximum Gasteiger partial charge on any atom is 0.190 e. The van der Waals surface area contributed by atoms with Crippen molar-refractivity contribution in [2.45, 2.75) is 54.8 Å². The van der Waals surface area contributed by atoms with Crippen molar-refractivity contribution in [1.29, 1.82) is 0 Å². The Balaban J connectivity index is 3.29. The summed E-state index contributed by atoms with van der Waals surface area (Å²) in [6.45, 7) is 2.87. The van der Waals surface area contributed by atoms with E-state index in [1.165, 1.54) is 12.8 Å². The lowest BCUT2D eigenvalue weighted by molar-refractivity contribution is 0.0968. The zero-order chi connectivity index (χ0) is 11.7. The Bertz CT molecular complexity index is 147. The van der Waals surface area contributed by atoms with Gasteiger partial charge in [-0.05, 0) is 25.7 Å². The molecule has 1 nitrogen and oxygen atoms in total. The topological polar surface area (TPSA) is 9.23 Å². The molecule has 0 aliphatic rings. The predicted molar refractivity (Wildman–Crippen MR) is 69.3 cm³/mol. The summed E-state index contributed by atoms with van der Waals surface area (Å²) in [4.78, 5) is 0. The zero-order valence-corrected chi connectivity index (χ0v) is 12.0. The third-order valence-corrected chi connectivity index (χ3v) is 2.85. The normalized spacial score (nSPS) is 14.2. The molecule has 1 atom stereocenters. The fourth-order valence-electron chi connectivity index (χ4n) is 1.11. The van der Waals surface area contributed by atoms with Gasteiger partial charge in [0, 0.05) is 6.61 Å². The molecule has 92 valence electrons. The van der Waals surface area contributed by atoms with E-state index in [0.717, 1.165) is 25.9 Å². The summed E-state index contributed by atoms with van der Waals surface area (Å²) in [6, 6.07) is 0. The average Bonchev–Trinajstić information content (AvgIpc) is 2.10. The van der Waals surface area contributed by atoms with Crippen LogP contribution in [0.3, 0.4) is 0 Å². The number of ether oxygens (including phenoxy) is 1. The van der Waals surface area contributed by atoms with Gasteiger partial charge in [0.2, 0.25) is 0 Å². The molecule has 0 aromatic heterocycles. The minimum Gasteiger partial charge on any atom is -0.362 e. The largest absolute Gasteiger partial charge is 0.362 e. The molecule has 0 bridgehead atoms. The summed E-state index contributed by atoms with van der Waals surface area (Å²) >= 11 is 22.8. The van der Waals surface area contributed by atoms with Gasteiger partial charge in [0.25, 0.3) is 0 Å². The summed E-state index contributed by atoms with van der Waals surface area (Å²) in [5.74, 6) is 0. The summed E-state index contributed by atoms with van der Waals surface area (Å²) in [7, 11) is 0. The number of rotatable bonds is 8. The van der Waals surface area contributed by atoms with E-state index in [1.54, 1.807) is 0 Å². The van der Waals surface area contributed by atoms with Gasteiger partial charge in [0.05, 0.1) is 0 Å². The van der Waals surface area contributed by atoms with E-state index >= 15 is 0 Å². The molecule has 0 aliphatic carbocycles. The lowest BCUT2D eigenvalue weighted by Crippen LogP contribution is -2.09. The maximum absolute atomic E-state index is 5.94. The quantitative estimate of drug-likeness (QED) is 0.436. The highest BCUT2D eigenvalue weighted by atomic mass is 35.6.